The zero-order chi connectivity index (χ0) is 12.8. The molecule has 0 saturated carbocycles. The number of halogens is 2. The van der Waals surface area contributed by atoms with Gasteiger partial charge in [-0.1, -0.05) is 59.6 Å². The van der Waals surface area contributed by atoms with Gasteiger partial charge in [0.2, 0.25) is 0 Å². The van der Waals surface area contributed by atoms with Crippen LogP contribution in [0.1, 0.15) is 11.1 Å². The van der Waals surface area contributed by atoms with Crippen molar-refractivity contribution in [3.05, 3.63) is 69.7 Å². The molecule has 18 heavy (non-hydrogen) atoms. The monoisotopic (exact) mass is 279 g/mol. The highest BCUT2D eigenvalue weighted by Gasteiger charge is 1.99. The lowest BCUT2D eigenvalue weighted by Crippen LogP contribution is -2.16. The lowest BCUT2D eigenvalue weighted by Gasteiger charge is -2.06. The van der Waals surface area contributed by atoms with E-state index in [9.17, 15) is 0 Å². The summed E-state index contributed by atoms with van der Waals surface area (Å²) >= 11 is 11.8. The van der Waals surface area contributed by atoms with E-state index < -0.39 is 0 Å². The van der Waals surface area contributed by atoms with Gasteiger partial charge in [0.1, 0.15) is 0 Å². The molecule has 0 aromatic heterocycles. The molecule has 0 fully saturated rings. The Morgan fingerprint density at radius 2 is 1.61 bits per heavy atom. The summed E-state index contributed by atoms with van der Waals surface area (Å²) in [6.07, 6.45) is 0.948. The Kier molecular flexibility index (Phi) is 5.06. The van der Waals surface area contributed by atoms with Crippen LogP contribution in [-0.4, -0.2) is 6.54 Å². The molecule has 0 aliphatic rings. The molecule has 2 aromatic carbocycles. The molecule has 94 valence electrons. The number of rotatable bonds is 5. The normalized spacial score (nSPS) is 10.6. The minimum Gasteiger partial charge on any atom is -0.312 e. The van der Waals surface area contributed by atoms with Crippen LogP contribution in [0.2, 0.25) is 10.0 Å². The number of hydrogen-bond acceptors (Lipinski definition) is 1. The van der Waals surface area contributed by atoms with Gasteiger partial charge in [-0.2, -0.15) is 0 Å². The molecule has 1 N–H and O–H groups in total. The van der Waals surface area contributed by atoms with Gasteiger partial charge in [-0.05, 0) is 36.2 Å². The van der Waals surface area contributed by atoms with E-state index in [0.717, 1.165) is 19.5 Å². The van der Waals surface area contributed by atoms with Gasteiger partial charge in [0.05, 0.1) is 10.0 Å². The first-order valence-electron chi connectivity index (χ1n) is 5.94. The van der Waals surface area contributed by atoms with Gasteiger partial charge in [0.15, 0.2) is 0 Å². The standard InChI is InChI=1S/C15H15Cl2N/c16-14-7-6-12(10-15(14)17)8-9-18-11-13-4-2-1-3-5-13/h1-7,10,18H,8-9,11H2. The lowest BCUT2D eigenvalue weighted by molar-refractivity contribution is 0.687. The molecule has 0 bridgehead atoms. The third kappa shape index (κ3) is 4.02. The second kappa shape index (κ2) is 6.79. The number of hydrogen-bond donors (Lipinski definition) is 1. The van der Waals surface area contributed by atoms with Gasteiger partial charge in [0.25, 0.3) is 0 Å². The number of benzene rings is 2. The van der Waals surface area contributed by atoms with E-state index in [-0.39, 0.29) is 0 Å². The Bertz CT molecular complexity index is 497. The van der Waals surface area contributed by atoms with Crippen LogP contribution in [0.25, 0.3) is 0 Å². The first-order chi connectivity index (χ1) is 8.75. The van der Waals surface area contributed by atoms with E-state index in [0.29, 0.717) is 10.0 Å². The van der Waals surface area contributed by atoms with Crippen LogP contribution in [0.15, 0.2) is 48.5 Å². The van der Waals surface area contributed by atoms with E-state index in [1.807, 2.05) is 24.3 Å². The van der Waals surface area contributed by atoms with Crippen molar-refractivity contribution in [2.24, 2.45) is 0 Å². The largest absolute Gasteiger partial charge is 0.312 e. The molecule has 1 nitrogen and oxygen atoms in total. The van der Waals surface area contributed by atoms with Gasteiger partial charge in [-0.25, -0.2) is 0 Å². The molecule has 2 aromatic rings. The van der Waals surface area contributed by atoms with Gasteiger partial charge >= 0.3 is 0 Å². The van der Waals surface area contributed by atoms with Gasteiger partial charge in [0, 0.05) is 6.54 Å². The first kappa shape index (κ1) is 13.4. The molecule has 0 spiro atoms. The fourth-order valence-electron chi connectivity index (χ4n) is 1.76. The Morgan fingerprint density at radius 1 is 0.833 bits per heavy atom. The summed E-state index contributed by atoms with van der Waals surface area (Å²) in [6, 6.07) is 16.1. The quantitative estimate of drug-likeness (QED) is 0.804. The molecule has 0 aliphatic heterocycles. The van der Waals surface area contributed by atoms with Crippen molar-refractivity contribution in [3.63, 3.8) is 0 Å². The summed E-state index contributed by atoms with van der Waals surface area (Å²) in [7, 11) is 0. The summed E-state index contributed by atoms with van der Waals surface area (Å²) in [5, 5.41) is 4.64. The maximum absolute atomic E-state index is 5.97. The van der Waals surface area contributed by atoms with E-state index in [1.54, 1.807) is 0 Å². The summed E-state index contributed by atoms with van der Waals surface area (Å²) in [6.45, 7) is 1.81. The van der Waals surface area contributed by atoms with Crippen molar-refractivity contribution >= 4 is 23.2 Å². The average molecular weight is 280 g/mol. The fraction of sp³-hybridized carbons (Fsp3) is 0.200. The smallest absolute Gasteiger partial charge is 0.0595 e. The van der Waals surface area contributed by atoms with Gasteiger partial charge in [-0.15, -0.1) is 0 Å². The van der Waals surface area contributed by atoms with Crippen LogP contribution in [0.3, 0.4) is 0 Å². The molecule has 0 saturated heterocycles. The van der Waals surface area contributed by atoms with Gasteiger partial charge < -0.3 is 5.32 Å². The van der Waals surface area contributed by atoms with Crippen molar-refractivity contribution in [2.45, 2.75) is 13.0 Å². The van der Waals surface area contributed by atoms with Crippen molar-refractivity contribution in [1.29, 1.82) is 0 Å². The maximum Gasteiger partial charge on any atom is 0.0595 e. The zero-order valence-corrected chi connectivity index (χ0v) is 11.5. The molecular weight excluding hydrogens is 265 g/mol. The van der Waals surface area contributed by atoms with E-state index in [4.69, 9.17) is 23.2 Å². The molecule has 3 heteroatoms. The fourth-order valence-corrected chi connectivity index (χ4v) is 2.08. The third-order valence-corrected chi connectivity index (χ3v) is 3.49. The Labute approximate surface area is 118 Å². The highest BCUT2D eigenvalue weighted by Crippen LogP contribution is 2.22. The number of nitrogens with one attached hydrogen (secondary N) is 1. The molecule has 0 atom stereocenters. The van der Waals surface area contributed by atoms with Crippen LogP contribution < -0.4 is 5.32 Å². The Morgan fingerprint density at radius 3 is 2.33 bits per heavy atom. The predicted molar refractivity (Wildman–Crippen MR) is 78.3 cm³/mol. The summed E-state index contributed by atoms with van der Waals surface area (Å²) in [5.41, 5.74) is 2.50. The van der Waals surface area contributed by atoms with Crippen molar-refractivity contribution < 1.29 is 0 Å². The zero-order valence-electron chi connectivity index (χ0n) is 10.00. The van der Waals surface area contributed by atoms with Crippen molar-refractivity contribution in [3.8, 4) is 0 Å². The van der Waals surface area contributed by atoms with E-state index in [1.165, 1.54) is 11.1 Å². The summed E-state index contributed by atoms with van der Waals surface area (Å²) in [4.78, 5) is 0. The van der Waals surface area contributed by atoms with Crippen molar-refractivity contribution in [1.82, 2.24) is 5.32 Å². The highest BCUT2D eigenvalue weighted by atomic mass is 35.5. The van der Waals surface area contributed by atoms with Crippen LogP contribution >= 0.6 is 23.2 Å². The topological polar surface area (TPSA) is 12.0 Å². The van der Waals surface area contributed by atoms with E-state index in [2.05, 4.69) is 29.6 Å². The summed E-state index contributed by atoms with van der Waals surface area (Å²) < 4.78 is 0. The van der Waals surface area contributed by atoms with E-state index >= 15 is 0 Å². The predicted octanol–water partition coefficient (Wildman–Crippen LogP) is 4.33. The Balaban J connectivity index is 1.77. The molecule has 0 radical (unpaired) electrons. The van der Waals surface area contributed by atoms with Crippen LogP contribution in [0.4, 0.5) is 0 Å². The molecular formula is C15H15Cl2N. The second-order valence-corrected chi connectivity index (χ2v) is 4.98. The molecule has 0 unspecified atom stereocenters. The Hall–Kier alpha value is -1.02. The second-order valence-electron chi connectivity index (χ2n) is 4.16. The SMILES string of the molecule is Clc1ccc(CCNCc2ccccc2)cc1Cl. The van der Waals surface area contributed by atoms with Crippen LogP contribution in [0, 0.1) is 0 Å². The molecule has 0 aliphatic carbocycles. The molecule has 0 heterocycles. The summed E-state index contributed by atoms with van der Waals surface area (Å²) in [5.74, 6) is 0. The average Bonchev–Trinajstić information content (AvgIpc) is 2.40. The first-order valence-corrected chi connectivity index (χ1v) is 6.70. The minimum atomic E-state index is 0.609. The van der Waals surface area contributed by atoms with Crippen LogP contribution in [-0.2, 0) is 13.0 Å². The highest BCUT2D eigenvalue weighted by molar-refractivity contribution is 6.42. The molecule has 0 amide bonds. The lowest BCUT2D eigenvalue weighted by atomic mass is 10.1. The third-order valence-electron chi connectivity index (χ3n) is 2.75. The van der Waals surface area contributed by atoms with Crippen LogP contribution in [0.5, 0.6) is 0 Å². The maximum atomic E-state index is 5.97. The minimum absolute atomic E-state index is 0.609. The molecule has 2 rings (SSSR count). The van der Waals surface area contributed by atoms with Gasteiger partial charge in [-0.3, -0.25) is 0 Å². The van der Waals surface area contributed by atoms with Crippen molar-refractivity contribution in [2.75, 3.05) is 6.54 Å².